The highest BCUT2D eigenvalue weighted by molar-refractivity contribution is 6.44. The number of rotatable bonds is 4. The van der Waals surface area contributed by atoms with E-state index in [1.54, 1.807) is 6.92 Å². The zero-order chi connectivity index (χ0) is 15.4. The molecule has 1 aromatic rings. The molecule has 0 bridgehead atoms. The first-order chi connectivity index (χ1) is 9.99. The van der Waals surface area contributed by atoms with Crippen LogP contribution >= 0.6 is 0 Å². The molecule has 0 aliphatic carbocycles. The summed E-state index contributed by atoms with van der Waals surface area (Å²) in [6, 6.07) is 7.70. The highest BCUT2D eigenvalue weighted by Crippen LogP contribution is 2.11. The van der Waals surface area contributed by atoms with Gasteiger partial charge >= 0.3 is 0 Å². The van der Waals surface area contributed by atoms with Crippen LogP contribution in [-0.4, -0.2) is 37.8 Å². The van der Waals surface area contributed by atoms with Crippen LogP contribution in [0.5, 0.6) is 0 Å². The van der Waals surface area contributed by atoms with Crippen molar-refractivity contribution >= 4 is 29.4 Å². The number of carbonyl (C=O) groups excluding carboxylic acids is 2. The average molecular weight is 287 g/mol. The van der Waals surface area contributed by atoms with Crippen molar-refractivity contribution in [3.63, 3.8) is 0 Å². The second kappa shape index (κ2) is 6.17. The van der Waals surface area contributed by atoms with E-state index in [9.17, 15) is 9.59 Å². The van der Waals surface area contributed by atoms with Gasteiger partial charge < -0.3 is 4.90 Å². The molecule has 1 unspecified atom stereocenters. The summed E-state index contributed by atoms with van der Waals surface area (Å²) in [5.74, 6) is -1.33. The highest BCUT2D eigenvalue weighted by atomic mass is 16.2. The molecule has 0 spiro atoms. The first-order valence-corrected chi connectivity index (χ1v) is 6.47. The molecule has 2 rings (SSSR count). The molecule has 0 aromatic heterocycles. The molecule has 0 radical (unpaired) electrons. The van der Waals surface area contributed by atoms with E-state index in [0.717, 1.165) is 11.3 Å². The number of nitrogens with zero attached hydrogens (tertiary/aromatic N) is 3. The molecule has 2 N–H and O–H groups in total. The number of nitrogens with one attached hydrogen (secondary N) is 2. The topological polar surface area (TPSA) is 86.2 Å². The molecule has 1 aliphatic heterocycles. The Labute approximate surface area is 122 Å². The second-order valence-corrected chi connectivity index (χ2v) is 4.88. The Bertz CT molecular complexity index is 604. The molecule has 1 heterocycles. The predicted molar refractivity (Wildman–Crippen MR) is 81.2 cm³/mol. The molecule has 7 nitrogen and oxygen atoms in total. The van der Waals surface area contributed by atoms with Crippen LogP contribution in [0.4, 0.5) is 5.69 Å². The van der Waals surface area contributed by atoms with Gasteiger partial charge in [0.15, 0.2) is 0 Å². The van der Waals surface area contributed by atoms with Gasteiger partial charge in [0.2, 0.25) is 5.91 Å². The third kappa shape index (κ3) is 3.44. The van der Waals surface area contributed by atoms with Crippen LogP contribution < -0.4 is 15.8 Å². The Morgan fingerprint density at radius 3 is 2.57 bits per heavy atom. The van der Waals surface area contributed by atoms with Crippen molar-refractivity contribution < 1.29 is 9.59 Å². The lowest BCUT2D eigenvalue weighted by Gasteiger charge is -2.11. The van der Waals surface area contributed by atoms with Crippen LogP contribution in [-0.2, 0) is 9.59 Å². The van der Waals surface area contributed by atoms with Crippen LogP contribution in [0.3, 0.4) is 0 Å². The van der Waals surface area contributed by atoms with Crippen molar-refractivity contribution in [2.75, 3.05) is 19.0 Å². The molecular formula is C14H17N5O2. The Morgan fingerprint density at radius 2 is 2.05 bits per heavy atom. The summed E-state index contributed by atoms with van der Waals surface area (Å²) in [5.41, 5.74) is 6.69. The van der Waals surface area contributed by atoms with Gasteiger partial charge in [0, 0.05) is 19.8 Å². The van der Waals surface area contributed by atoms with E-state index in [2.05, 4.69) is 21.1 Å². The van der Waals surface area contributed by atoms with Gasteiger partial charge in [-0.1, -0.05) is 12.1 Å². The molecule has 0 saturated heterocycles. The largest absolute Gasteiger partial charge is 0.378 e. The number of hydrazone groups is 2. The fourth-order valence-corrected chi connectivity index (χ4v) is 1.76. The van der Waals surface area contributed by atoms with Crippen molar-refractivity contribution in [1.29, 1.82) is 0 Å². The number of carbonyl (C=O) groups is 2. The molecule has 110 valence electrons. The van der Waals surface area contributed by atoms with E-state index in [-0.39, 0.29) is 11.6 Å². The van der Waals surface area contributed by atoms with Crippen LogP contribution in [0, 0.1) is 5.92 Å². The van der Waals surface area contributed by atoms with Crippen LogP contribution in [0.25, 0.3) is 0 Å². The minimum atomic E-state index is -0.556. The molecule has 21 heavy (non-hydrogen) atoms. The van der Waals surface area contributed by atoms with Gasteiger partial charge in [-0.3, -0.25) is 9.59 Å². The normalized spacial score (nSPS) is 17.6. The van der Waals surface area contributed by atoms with Crippen LogP contribution in [0.15, 0.2) is 34.5 Å². The highest BCUT2D eigenvalue weighted by Gasteiger charge is 2.30. The molecule has 0 saturated carbocycles. The van der Waals surface area contributed by atoms with E-state index in [0.29, 0.717) is 0 Å². The van der Waals surface area contributed by atoms with Crippen molar-refractivity contribution in [2.45, 2.75) is 6.92 Å². The van der Waals surface area contributed by atoms with Crippen molar-refractivity contribution in [3.05, 3.63) is 29.8 Å². The summed E-state index contributed by atoms with van der Waals surface area (Å²) in [6.07, 6.45) is 1.53. The van der Waals surface area contributed by atoms with Gasteiger partial charge in [0.25, 0.3) is 5.91 Å². The number of hydrogen-bond acceptors (Lipinski definition) is 5. The molecule has 2 amide bonds. The molecule has 0 fully saturated rings. The number of benzene rings is 1. The maximum Gasteiger partial charge on any atom is 0.288 e. The predicted octanol–water partition coefficient (Wildman–Crippen LogP) is 0.325. The summed E-state index contributed by atoms with van der Waals surface area (Å²) in [5, 5.41) is 7.54. The monoisotopic (exact) mass is 287 g/mol. The van der Waals surface area contributed by atoms with Gasteiger partial charge in [0.1, 0.15) is 5.71 Å². The summed E-state index contributed by atoms with van der Waals surface area (Å²) < 4.78 is 0. The Morgan fingerprint density at radius 1 is 1.38 bits per heavy atom. The smallest absolute Gasteiger partial charge is 0.288 e. The maximum absolute atomic E-state index is 11.8. The van der Waals surface area contributed by atoms with E-state index < -0.39 is 11.8 Å². The van der Waals surface area contributed by atoms with Crippen molar-refractivity contribution in [3.8, 4) is 0 Å². The van der Waals surface area contributed by atoms with Gasteiger partial charge in [-0.05, 0) is 24.6 Å². The van der Waals surface area contributed by atoms with Gasteiger partial charge in [-0.15, -0.1) is 0 Å². The first-order valence-electron chi connectivity index (χ1n) is 6.47. The summed E-state index contributed by atoms with van der Waals surface area (Å²) in [7, 11) is 3.92. The third-order valence-corrected chi connectivity index (χ3v) is 3.11. The Balaban J connectivity index is 1.93. The average Bonchev–Trinajstić information content (AvgIpc) is 2.79. The van der Waals surface area contributed by atoms with E-state index in [4.69, 9.17) is 0 Å². The Hall–Kier alpha value is -2.70. The number of hydrogen-bond donors (Lipinski definition) is 2. The standard InChI is InChI=1S/C14H17N5O2/c1-9-12(16-18-13(9)20)14(21)17-15-8-10-4-6-11(7-5-10)19(2)3/h4-9H,1-3H3,(H,17,21)(H,18,20). The molecule has 1 aliphatic rings. The lowest BCUT2D eigenvalue weighted by atomic mass is 10.1. The van der Waals surface area contributed by atoms with Crippen molar-refractivity contribution in [2.24, 2.45) is 16.1 Å². The summed E-state index contributed by atoms with van der Waals surface area (Å²) in [6.45, 7) is 1.62. The maximum atomic E-state index is 11.8. The van der Waals surface area contributed by atoms with Gasteiger partial charge in [-0.2, -0.15) is 10.2 Å². The van der Waals surface area contributed by atoms with Crippen LogP contribution in [0.1, 0.15) is 12.5 Å². The molecular weight excluding hydrogens is 270 g/mol. The van der Waals surface area contributed by atoms with Crippen molar-refractivity contribution in [1.82, 2.24) is 10.9 Å². The minimum Gasteiger partial charge on any atom is -0.378 e. The number of anilines is 1. The second-order valence-electron chi connectivity index (χ2n) is 4.88. The summed E-state index contributed by atoms with van der Waals surface area (Å²) in [4.78, 5) is 25.0. The molecule has 7 heteroatoms. The SMILES string of the molecule is CC1C(=O)NN=C1C(=O)NN=Cc1ccc(N(C)C)cc1. The zero-order valence-electron chi connectivity index (χ0n) is 12.1. The molecule has 1 atom stereocenters. The summed E-state index contributed by atoms with van der Waals surface area (Å²) >= 11 is 0. The Kier molecular flexibility index (Phi) is 4.32. The van der Waals surface area contributed by atoms with Crippen LogP contribution in [0.2, 0.25) is 0 Å². The lowest BCUT2D eigenvalue weighted by Crippen LogP contribution is -2.32. The first kappa shape index (κ1) is 14.7. The fraction of sp³-hybridized carbons (Fsp3) is 0.286. The zero-order valence-corrected chi connectivity index (χ0v) is 12.1. The number of amides is 2. The van der Waals surface area contributed by atoms with Gasteiger partial charge in [-0.25, -0.2) is 10.9 Å². The fourth-order valence-electron chi connectivity index (χ4n) is 1.76. The van der Waals surface area contributed by atoms with E-state index in [1.807, 2.05) is 43.3 Å². The lowest BCUT2D eigenvalue weighted by molar-refractivity contribution is -0.122. The molecule has 1 aromatic carbocycles. The quantitative estimate of drug-likeness (QED) is 0.618. The van der Waals surface area contributed by atoms with Gasteiger partial charge in [0.05, 0.1) is 12.1 Å². The minimum absolute atomic E-state index is 0.139. The van der Waals surface area contributed by atoms with E-state index >= 15 is 0 Å². The van der Waals surface area contributed by atoms with E-state index in [1.165, 1.54) is 6.21 Å². The third-order valence-electron chi connectivity index (χ3n) is 3.11.